The molecule has 0 atom stereocenters. The van der Waals surface area contributed by atoms with Crippen LogP contribution in [0.15, 0.2) is 36.4 Å². The summed E-state index contributed by atoms with van der Waals surface area (Å²) < 4.78 is 0. The minimum Gasteiger partial charge on any atom is -0.0613 e. The van der Waals surface area contributed by atoms with Gasteiger partial charge in [-0.15, -0.1) is 0 Å². The Morgan fingerprint density at radius 2 is 0.947 bits per heavy atom. The lowest BCUT2D eigenvalue weighted by molar-refractivity contribution is 1.07. The van der Waals surface area contributed by atoms with E-state index in [9.17, 15) is 0 Å². The Balaban J connectivity index is 2.30. The van der Waals surface area contributed by atoms with Gasteiger partial charge in [0.25, 0.3) is 0 Å². The molecule has 2 rings (SSSR count). The molecule has 0 aliphatic heterocycles. The maximum absolute atomic E-state index is 2.35. The molecule has 0 saturated carbocycles. The van der Waals surface area contributed by atoms with Crippen LogP contribution in [0.5, 0.6) is 0 Å². The third-order valence-corrected chi connectivity index (χ3v) is 3.62. The fourth-order valence-electron chi connectivity index (χ4n) is 2.74. The number of benzene rings is 2. The second kappa shape index (κ2) is 6.06. The number of hydrogen-bond acceptors (Lipinski definition) is 0. The van der Waals surface area contributed by atoms with Crippen LogP contribution >= 0.6 is 0 Å². The highest BCUT2D eigenvalue weighted by Gasteiger charge is 2.02. The molecule has 0 aliphatic rings. The fraction of sp³-hybridized carbons (Fsp3) is 0.368. The van der Waals surface area contributed by atoms with E-state index < -0.39 is 0 Å². The summed E-state index contributed by atoms with van der Waals surface area (Å²) in [5, 5.41) is 0. The van der Waals surface area contributed by atoms with E-state index in [4.69, 9.17) is 0 Å². The molecule has 2 aromatic carbocycles. The van der Waals surface area contributed by atoms with Crippen molar-refractivity contribution >= 4 is 0 Å². The van der Waals surface area contributed by atoms with E-state index in [0.29, 0.717) is 0 Å². The smallest absolute Gasteiger partial charge is 0.00254 e. The Bertz CT molecular complexity index is 513. The first kappa shape index (κ1) is 13.9. The molecule has 0 bridgehead atoms. The molecule has 0 heterocycles. The lowest BCUT2D eigenvalue weighted by Crippen LogP contribution is -1.94. The van der Waals surface area contributed by atoms with Crippen molar-refractivity contribution in [1.29, 1.82) is 0 Å². The molecule has 100 valence electrons. The molecule has 0 aromatic heterocycles. The van der Waals surface area contributed by atoms with Crippen LogP contribution in [0.3, 0.4) is 0 Å². The van der Waals surface area contributed by atoms with Gasteiger partial charge in [-0.05, 0) is 55.4 Å². The van der Waals surface area contributed by atoms with Crippen molar-refractivity contribution in [2.45, 2.75) is 47.0 Å². The number of rotatable bonds is 4. The summed E-state index contributed by atoms with van der Waals surface area (Å²) >= 11 is 0. The molecule has 0 fully saturated rings. The van der Waals surface area contributed by atoms with Crippen molar-refractivity contribution in [3.63, 3.8) is 0 Å². The molecule has 0 saturated heterocycles. The predicted octanol–water partition coefficient (Wildman–Crippen LogP) is 5.02. The lowest BCUT2D eigenvalue weighted by Gasteiger charge is -2.09. The molecule has 0 unspecified atom stereocenters. The lowest BCUT2D eigenvalue weighted by atomic mass is 9.96. The van der Waals surface area contributed by atoms with Gasteiger partial charge in [0.15, 0.2) is 0 Å². The van der Waals surface area contributed by atoms with Gasteiger partial charge in [-0.3, -0.25) is 0 Å². The Hall–Kier alpha value is -1.56. The van der Waals surface area contributed by atoms with Crippen LogP contribution < -0.4 is 0 Å². The van der Waals surface area contributed by atoms with Gasteiger partial charge in [0.2, 0.25) is 0 Å². The van der Waals surface area contributed by atoms with Gasteiger partial charge in [-0.25, -0.2) is 0 Å². The van der Waals surface area contributed by atoms with Gasteiger partial charge < -0.3 is 0 Å². The van der Waals surface area contributed by atoms with Crippen molar-refractivity contribution in [2.24, 2.45) is 0 Å². The molecule has 0 spiro atoms. The summed E-state index contributed by atoms with van der Waals surface area (Å²) in [7, 11) is 0. The van der Waals surface area contributed by atoms with Crippen LogP contribution in [0.25, 0.3) is 0 Å². The average Bonchev–Trinajstić information content (AvgIpc) is 2.37. The van der Waals surface area contributed by atoms with Gasteiger partial charge in [0, 0.05) is 0 Å². The van der Waals surface area contributed by atoms with Crippen LogP contribution in [-0.4, -0.2) is 0 Å². The van der Waals surface area contributed by atoms with Crippen LogP contribution in [0.2, 0.25) is 0 Å². The third kappa shape index (κ3) is 3.70. The molecule has 2 aromatic rings. The summed E-state index contributed by atoms with van der Waals surface area (Å²) in [5.41, 5.74) is 8.50. The zero-order valence-corrected chi connectivity index (χ0v) is 12.6. The van der Waals surface area contributed by atoms with E-state index in [1.54, 1.807) is 0 Å². The topological polar surface area (TPSA) is 0 Å². The molecular formula is C19H24. The second-order valence-electron chi connectivity index (χ2n) is 5.54. The molecule has 0 heteroatoms. The molecule has 0 nitrogen and oxygen atoms in total. The van der Waals surface area contributed by atoms with Gasteiger partial charge in [-0.2, -0.15) is 0 Å². The Morgan fingerprint density at radius 3 is 1.32 bits per heavy atom. The summed E-state index contributed by atoms with van der Waals surface area (Å²) in [4.78, 5) is 0. The minimum atomic E-state index is 1.04. The molecule has 0 radical (unpaired) electrons. The van der Waals surface area contributed by atoms with Gasteiger partial charge in [0.1, 0.15) is 0 Å². The first-order valence-corrected chi connectivity index (χ1v) is 7.29. The monoisotopic (exact) mass is 252 g/mol. The van der Waals surface area contributed by atoms with E-state index in [0.717, 1.165) is 19.3 Å². The predicted molar refractivity (Wildman–Crippen MR) is 83.9 cm³/mol. The molecule has 0 amide bonds. The number of hydrogen-bond donors (Lipinski definition) is 0. The first-order chi connectivity index (χ1) is 9.10. The first-order valence-electron chi connectivity index (χ1n) is 7.29. The van der Waals surface area contributed by atoms with Crippen molar-refractivity contribution in [3.05, 3.63) is 69.8 Å². The summed E-state index contributed by atoms with van der Waals surface area (Å²) in [6.45, 7) is 8.83. The average molecular weight is 252 g/mol. The zero-order chi connectivity index (χ0) is 13.8. The van der Waals surface area contributed by atoms with Crippen LogP contribution in [0.1, 0.15) is 47.2 Å². The third-order valence-electron chi connectivity index (χ3n) is 3.62. The van der Waals surface area contributed by atoms with E-state index in [1.807, 2.05) is 0 Å². The normalized spacial score (nSPS) is 10.7. The number of aryl methyl sites for hydroxylation is 4. The van der Waals surface area contributed by atoms with Crippen LogP contribution in [-0.2, 0) is 19.3 Å². The van der Waals surface area contributed by atoms with Crippen molar-refractivity contribution in [3.8, 4) is 0 Å². The largest absolute Gasteiger partial charge is 0.0613 e. The maximum Gasteiger partial charge on any atom is -0.00254 e. The quantitative estimate of drug-likeness (QED) is 0.717. The second-order valence-corrected chi connectivity index (χ2v) is 5.54. The molecule has 19 heavy (non-hydrogen) atoms. The molecule has 0 aliphatic carbocycles. The van der Waals surface area contributed by atoms with Crippen molar-refractivity contribution < 1.29 is 0 Å². The summed E-state index contributed by atoms with van der Waals surface area (Å²) in [6.07, 6.45) is 3.27. The van der Waals surface area contributed by atoms with Gasteiger partial charge >= 0.3 is 0 Å². The summed E-state index contributed by atoms with van der Waals surface area (Å²) in [5.74, 6) is 0. The fourth-order valence-corrected chi connectivity index (χ4v) is 2.74. The highest BCUT2D eigenvalue weighted by molar-refractivity contribution is 5.36. The molecular weight excluding hydrogens is 228 g/mol. The van der Waals surface area contributed by atoms with Crippen LogP contribution in [0.4, 0.5) is 0 Å². The minimum absolute atomic E-state index is 1.04. The van der Waals surface area contributed by atoms with E-state index in [1.165, 1.54) is 33.4 Å². The highest BCUT2D eigenvalue weighted by Crippen LogP contribution is 2.17. The zero-order valence-electron chi connectivity index (χ0n) is 12.6. The molecule has 0 N–H and O–H groups in total. The van der Waals surface area contributed by atoms with E-state index >= 15 is 0 Å². The van der Waals surface area contributed by atoms with E-state index in [2.05, 4.69) is 64.1 Å². The summed E-state index contributed by atoms with van der Waals surface area (Å²) in [6, 6.07) is 13.9. The van der Waals surface area contributed by atoms with E-state index in [-0.39, 0.29) is 0 Å². The maximum atomic E-state index is 2.35. The highest BCUT2D eigenvalue weighted by atomic mass is 14.1. The van der Waals surface area contributed by atoms with Crippen LogP contribution in [0, 0.1) is 13.8 Å². The Morgan fingerprint density at radius 1 is 0.579 bits per heavy atom. The Labute approximate surface area is 117 Å². The van der Waals surface area contributed by atoms with Crippen molar-refractivity contribution in [2.75, 3.05) is 0 Å². The van der Waals surface area contributed by atoms with Crippen molar-refractivity contribution in [1.82, 2.24) is 0 Å². The SMILES string of the molecule is CCc1cc(C)cc(Cc2cc(C)cc(CC)c2)c1. The Kier molecular flexibility index (Phi) is 4.42. The van der Waals surface area contributed by atoms with Gasteiger partial charge in [-0.1, -0.05) is 61.4 Å². The van der Waals surface area contributed by atoms with Gasteiger partial charge in [0.05, 0.1) is 0 Å². The standard InChI is InChI=1S/C19H24/c1-5-16-7-14(3)9-18(11-16)13-19-10-15(4)8-17(6-2)12-19/h7-12H,5-6,13H2,1-4H3.